The van der Waals surface area contributed by atoms with Crippen LogP contribution >= 0.6 is 12.2 Å². The molecule has 0 saturated heterocycles. The SMILES string of the molecule is CCC(Nc1cccc(C(N)=S)n1)C(C)C. The maximum absolute atomic E-state index is 5.55. The summed E-state index contributed by atoms with van der Waals surface area (Å²) in [5, 5.41) is 3.40. The van der Waals surface area contributed by atoms with Crippen molar-refractivity contribution < 1.29 is 0 Å². The number of anilines is 1. The van der Waals surface area contributed by atoms with Crippen molar-refractivity contribution in [2.45, 2.75) is 33.2 Å². The number of rotatable bonds is 5. The normalized spacial score (nSPS) is 12.5. The van der Waals surface area contributed by atoms with Gasteiger partial charge in [-0.05, 0) is 24.5 Å². The summed E-state index contributed by atoms with van der Waals surface area (Å²) >= 11 is 4.90. The van der Waals surface area contributed by atoms with E-state index in [1.54, 1.807) is 0 Å². The molecule has 1 rings (SSSR count). The smallest absolute Gasteiger partial charge is 0.126 e. The molecule has 0 radical (unpaired) electrons. The number of pyridine rings is 1. The van der Waals surface area contributed by atoms with Gasteiger partial charge in [0.1, 0.15) is 10.8 Å². The molecule has 0 aliphatic carbocycles. The summed E-state index contributed by atoms with van der Waals surface area (Å²) in [5.41, 5.74) is 6.21. The highest BCUT2D eigenvalue weighted by Crippen LogP contribution is 2.13. The van der Waals surface area contributed by atoms with Gasteiger partial charge >= 0.3 is 0 Å². The Bertz CT molecular complexity index is 363. The van der Waals surface area contributed by atoms with Crippen molar-refractivity contribution in [1.82, 2.24) is 4.98 Å². The summed E-state index contributed by atoms with van der Waals surface area (Å²) < 4.78 is 0. The predicted octanol–water partition coefficient (Wildman–Crippen LogP) is 2.56. The molecular weight excluding hydrogens is 218 g/mol. The molecule has 0 spiro atoms. The lowest BCUT2D eigenvalue weighted by Crippen LogP contribution is -2.25. The Morgan fingerprint density at radius 2 is 2.19 bits per heavy atom. The summed E-state index contributed by atoms with van der Waals surface area (Å²) in [6.07, 6.45) is 1.07. The summed E-state index contributed by atoms with van der Waals surface area (Å²) in [4.78, 5) is 4.70. The van der Waals surface area contributed by atoms with Gasteiger partial charge in [-0.1, -0.05) is 39.1 Å². The van der Waals surface area contributed by atoms with Gasteiger partial charge in [-0.25, -0.2) is 4.98 Å². The van der Waals surface area contributed by atoms with Crippen LogP contribution in [0.15, 0.2) is 18.2 Å². The molecule has 0 aliphatic heterocycles. The Kier molecular flexibility index (Phi) is 4.68. The van der Waals surface area contributed by atoms with Crippen molar-refractivity contribution in [3.63, 3.8) is 0 Å². The Labute approximate surface area is 102 Å². The third-order valence-electron chi connectivity index (χ3n) is 2.58. The molecule has 0 aromatic carbocycles. The Hall–Kier alpha value is -1.16. The molecule has 0 saturated carbocycles. The minimum absolute atomic E-state index is 0.334. The van der Waals surface area contributed by atoms with Crippen LogP contribution in [-0.2, 0) is 0 Å². The monoisotopic (exact) mass is 237 g/mol. The lowest BCUT2D eigenvalue weighted by atomic mass is 10.0. The van der Waals surface area contributed by atoms with Crippen LogP contribution in [0.2, 0.25) is 0 Å². The maximum atomic E-state index is 5.55. The minimum Gasteiger partial charge on any atom is -0.388 e. The Morgan fingerprint density at radius 3 is 2.69 bits per heavy atom. The molecular formula is C12H19N3S. The second-order valence-corrected chi connectivity index (χ2v) is 4.62. The number of nitrogens with one attached hydrogen (secondary N) is 1. The predicted molar refractivity (Wildman–Crippen MR) is 72.7 cm³/mol. The van der Waals surface area contributed by atoms with E-state index in [1.165, 1.54) is 0 Å². The van der Waals surface area contributed by atoms with Crippen LogP contribution in [0.25, 0.3) is 0 Å². The van der Waals surface area contributed by atoms with E-state index in [0.29, 0.717) is 22.6 Å². The highest BCUT2D eigenvalue weighted by Gasteiger charge is 2.11. The van der Waals surface area contributed by atoms with Gasteiger partial charge < -0.3 is 11.1 Å². The molecule has 0 bridgehead atoms. The zero-order valence-electron chi connectivity index (χ0n) is 10.0. The second-order valence-electron chi connectivity index (χ2n) is 4.18. The molecule has 88 valence electrons. The summed E-state index contributed by atoms with van der Waals surface area (Å²) in [6, 6.07) is 6.10. The van der Waals surface area contributed by atoms with Crippen LogP contribution in [0.4, 0.5) is 5.82 Å². The molecule has 4 heteroatoms. The fourth-order valence-corrected chi connectivity index (χ4v) is 1.70. The number of nitrogens with zero attached hydrogens (tertiary/aromatic N) is 1. The van der Waals surface area contributed by atoms with Crippen LogP contribution < -0.4 is 11.1 Å². The van der Waals surface area contributed by atoms with Crippen molar-refractivity contribution in [3.05, 3.63) is 23.9 Å². The third-order valence-corrected chi connectivity index (χ3v) is 2.79. The largest absolute Gasteiger partial charge is 0.388 e. The van der Waals surface area contributed by atoms with Gasteiger partial charge in [-0.15, -0.1) is 0 Å². The highest BCUT2D eigenvalue weighted by molar-refractivity contribution is 7.80. The fraction of sp³-hybridized carbons (Fsp3) is 0.500. The van der Waals surface area contributed by atoms with Crippen molar-refractivity contribution in [3.8, 4) is 0 Å². The summed E-state index contributed by atoms with van der Waals surface area (Å²) in [7, 11) is 0. The van der Waals surface area contributed by atoms with Gasteiger partial charge in [0.15, 0.2) is 0 Å². The van der Waals surface area contributed by atoms with Gasteiger partial charge in [0.25, 0.3) is 0 Å². The molecule has 0 fully saturated rings. The van der Waals surface area contributed by atoms with E-state index in [1.807, 2.05) is 18.2 Å². The first-order chi connectivity index (χ1) is 7.54. The van der Waals surface area contributed by atoms with E-state index in [4.69, 9.17) is 18.0 Å². The van der Waals surface area contributed by atoms with Crippen molar-refractivity contribution in [2.24, 2.45) is 11.7 Å². The number of thiocarbonyl (C=S) groups is 1. The van der Waals surface area contributed by atoms with Crippen molar-refractivity contribution in [1.29, 1.82) is 0 Å². The molecule has 1 atom stereocenters. The molecule has 3 nitrogen and oxygen atoms in total. The lowest BCUT2D eigenvalue weighted by Gasteiger charge is -2.21. The standard InChI is InChI=1S/C12H19N3S/c1-4-9(8(2)3)14-11-7-5-6-10(15-11)12(13)16/h5-9H,4H2,1-3H3,(H2,13,16)(H,14,15). The molecule has 1 aromatic heterocycles. The van der Waals surface area contributed by atoms with E-state index in [-0.39, 0.29) is 0 Å². The molecule has 16 heavy (non-hydrogen) atoms. The first-order valence-electron chi connectivity index (χ1n) is 5.58. The van der Waals surface area contributed by atoms with Crippen LogP contribution in [-0.4, -0.2) is 16.0 Å². The summed E-state index contributed by atoms with van der Waals surface area (Å²) in [5.74, 6) is 1.41. The molecule has 1 aromatic rings. The number of hydrogen-bond donors (Lipinski definition) is 2. The van der Waals surface area contributed by atoms with Gasteiger partial charge in [-0.2, -0.15) is 0 Å². The van der Waals surface area contributed by atoms with Gasteiger partial charge in [-0.3, -0.25) is 0 Å². The molecule has 0 aliphatic rings. The van der Waals surface area contributed by atoms with E-state index < -0.39 is 0 Å². The van der Waals surface area contributed by atoms with Gasteiger partial charge in [0, 0.05) is 6.04 Å². The van der Waals surface area contributed by atoms with E-state index in [9.17, 15) is 0 Å². The Balaban J connectivity index is 2.80. The molecule has 1 unspecified atom stereocenters. The zero-order chi connectivity index (χ0) is 12.1. The zero-order valence-corrected chi connectivity index (χ0v) is 10.8. The van der Waals surface area contributed by atoms with E-state index in [0.717, 1.165) is 12.2 Å². The number of hydrogen-bond acceptors (Lipinski definition) is 3. The average Bonchev–Trinajstić information content (AvgIpc) is 2.25. The average molecular weight is 237 g/mol. The molecule has 3 N–H and O–H groups in total. The summed E-state index contributed by atoms with van der Waals surface area (Å²) in [6.45, 7) is 6.55. The second kappa shape index (κ2) is 5.80. The fourth-order valence-electron chi connectivity index (χ4n) is 1.58. The quantitative estimate of drug-likeness (QED) is 0.773. The van der Waals surface area contributed by atoms with Crippen LogP contribution in [0.3, 0.4) is 0 Å². The third kappa shape index (κ3) is 3.45. The first-order valence-corrected chi connectivity index (χ1v) is 5.98. The van der Waals surface area contributed by atoms with Crippen molar-refractivity contribution in [2.75, 3.05) is 5.32 Å². The van der Waals surface area contributed by atoms with E-state index in [2.05, 4.69) is 31.1 Å². The van der Waals surface area contributed by atoms with Gasteiger partial charge in [0.2, 0.25) is 0 Å². The molecule has 1 heterocycles. The van der Waals surface area contributed by atoms with E-state index >= 15 is 0 Å². The number of nitrogens with two attached hydrogens (primary N) is 1. The minimum atomic E-state index is 0.334. The van der Waals surface area contributed by atoms with Gasteiger partial charge in [0.05, 0.1) is 5.69 Å². The highest BCUT2D eigenvalue weighted by atomic mass is 32.1. The van der Waals surface area contributed by atoms with Crippen molar-refractivity contribution >= 4 is 23.0 Å². The number of aromatic nitrogens is 1. The topological polar surface area (TPSA) is 50.9 Å². The Morgan fingerprint density at radius 1 is 1.50 bits per heavy atom. The van der Waals surface area contributed by atoms with Crippen LogP contribution in [0.1, 0.15) is 32.9 Å². The lowest BCUT2D eigenvalue weighted by molar-refractivity contribution is 0.510. The first kappa shape index (κ1) is 12.9. The van der Waals surface area contributed by atoms with Crippen LogP contribution in [0.5, 0.6) is 0 Å². The molecule has 0 amide bonds. The van der Waals surface area contributed by atoms with Crippen LogP contribution in [0, 0.1) is 5.92 Å². The maximum Gasteiger partial charge on any atom is 0.126 e.